The van der Waals surface area contributed by atoms with Gasteiger partial charge < -0.3 is 10.4 Å². The lowest BCUT2D eigenvalue weighted by molar-refractivity contribution is 0.154. The number of hydrogen-bond acceptors (Lipinski definition) is 3. The summed E-state index contributed by atoms with van der Waals surface area (Å²) < 4.78 is 12.3. The summed E-state index contributed by atoms with van der Waals surface area (Å²) in [5, 5.41) is 11.0. The van der Waals surface area contributed by atoms with Crippen LogP contribution in [0.5, 0.6) is 0 Å². The van der Waals surface area contributed by atoms with Crippen LogP contribution in [0.3, 0.4) is 0 Å². The molecule has 0 aromatic rings. The van der Waals surface area contributed by atoms with Crippen molar-refractivity contribution in [2.75, 3.05) is 6.54 Å². The van der Waals surface area contributed by atoms with Crippen LogP contribution in [0.2, 0.25) is 0 Å². The van der Waals surface area contributed by atoms with E-state index in [0.717, 1.165) is 12.8 Å². The van der Waals surface area contributed by atoms with Crippen LogP contribution in [0.25, 0.3) is 0 Å². The SMILES string of the molecule is [O-]N1CCCCC(F)N1. The van der Waals surface area contributed by atoms with Crippen molar-refractivity contribution in [1.29, 1.82) is 0 Å². The third-order valence-corrected chi connectivity index (χ3v) is 1.35. The van der Waals surface area contributed by atoms with Crippen molar-refractivity contribution in [2.45, 2.75) is 25.6 Å². The van der Waals surface area contributed by atoms with Gasteiger partial charge in [-0.15, -0.1) is 0 Å². The van der Waals surface area contributed by atoms with E-state index in [-0.39, 0.29) is 0 Å². The standard InChI is InChI=1S/C5H10FN2O/c6-5-3-1-2-4-8(9)7-5/h5,7H,1-4H2/q-1. The Balaban J connectivity index is 2.29. The van der Waals surface area contributed by atoms with Crippen LogP contribution < -0.4 is 5.43 Å². The monoisotopic (exact) mass is 133 g/mol. The molecule has 1 N–H and O–H groups in total. The molecule has 54 valence electrons. The summed E-state index contributed by atoms with van der Waals surface area (Å²) in [5.41, 5.74) is 2.15. The zero-order valence-corrected chi connectivity index (χ0v) is 5.14. The molecule has 4 heteroatoms. The highest BCUT2D eigenvalue weighted by atomic mass is 19.1. The highest BCUT2D eigenvalue weighted by Crippen LogP contribution is 2.07. The Labute approximate surface area is 53.4 Å². The molecule has 0 aromatic carbocycles. The maximum absolute atomic E-state index is 12.3. The molecule has 0 bridgehead atoms. The van der Waals surface area contributed by atoms with Gasteiger partial charge in [0, 0.05) is 0 Å². The Morgan fingerprint density at radius 1 is 1.56 bits per heavy atom. The largest absolute Gasteiger partial charge is 0.772 e. The van der Waals surface area contributed by atoms with E-state index in [0.29, 0.717) is 18.1 Å². The molecule has 1 aliphatic heterocycles. The predicted molar refractivity (Wildman–Crippen MR) is 32.0 cm³/mol. The maximum atomic E-state index is 12.3. The van der Waals surface area contributed by atoms with Gasteiger partial charge in [-0.2, -0.15) is 0 Å². The predicted octanol–water partition coefficient (Wildman–Crippen LogP) is 0.770. The molecule has 0 saturated carbocycles. The lowest BCUT2D eigenvalue weighted by Gasteiger charge is -2.27. The zero-order valence-electron chi connectivity index (χ0n) is 5.14. The van der Waals surface area contributed by atoms with Crippen molar-refractivity contribution in [2.24, 2.45) is 0 Å². The molecule has 1 aliphatic rings. The number of rotatable bonds is 0. The number of hydroxylamine groups is 1. The lowest BCUT2D eigenvalue weighted by atomic mass is 10.2. The molecule has 1 fully saturated rings. The molecule has 0 amide bonds. The van der Waals surface area contributed by atoms with Crippen molar-refractivity contribution in [3.8, 4) is 0 Å². The highest BCUT2D eigenvalue weighted by molar-refractivity contribution is 4.61. The van der Waals surface area contributed by atoms with E-state index in [4.69, 9.17) is 0 Å². The van der Waals surface area contributed by atoms with Crippen LogP contribution in [-0.4, -0.2) is 18.0 Å². The minimum absolute atomic E-state index is 0.403. The third kappa shape index (κ3) is 2.26. The molecule has 1 saturated heterocycles. The molecule has 0 radical (unpaired) electrons. The molecule has 9 heavy (non-hydrogen) atoms. The summed E-state index contributed by atoms with van der Waals surface area (Å²) in [7, 11) is 0. The summed E-state index contributed by atoms with van der Waals surface area (Å²) in [4.78, 5) is 0. The molecule has 1 unspecified atom stereocenters. The van der Waals surface area contributed by atoms with Gasteiger partial charge in [0.1, 0.15) is 0 Å². The molecule has 3 nitrogen and oxygen atoms in total. The van der Waals surface area contributed by atoms with Gasteiger partial charge in [0.15, 0.2) is 6.30 Å². The zero-order chi connectivity index (χ0) is 6.69. The van der Waals surface area contributed by atoms with Gasteiger partial charge >= 0.3 is 0 Å². The number of nitrogens with zero attached hydrogens (tertiary/aromatic N) is 1. The van der Waals surface area contributed by atoms with E-state index in [1.807, 2.05) is 0 Å². The first-order chi connectivity index (χ1) is 4.29. The third-order valence-electron chi connectivity index (χ3n) is 1.35. The lowest BCUT2D eigenvalue weighted by Crippen LogP contribution is -2.36. The van der Waals surface area contributed by atoms with Gasteiger partial charge in [0.2, 0.25) is 0 Å². The quantitative estimate of drug-likeness (QED) is 0.496. The van der Waals surface area contributed by atoms with Gasteiger partial charge in [0.25, 0.3) is 0 Å². The second-order valence-electron chi connectivity index (χ2n) is 2.19. The number of hydrogen-bond donors (Lipinski definition) is 1. The summed E-state index contributed by atoms with van der Waals surface area (Å²) in [6.45, 7) is 0.403. The number of alkyl halides is 1. The molecular formula is C5H10FN2O-. The van der Waals surface area contributed by atoms with Crippen LogP contribution in [0.15, 0.2) is 0 Å². The molecule has 0 spiro atoms. The Hall–Kier alpha value is -0.190. The van der Waals surface area contributed by atoms with E-state index in [9.17, 15) is 9.60 Å². The fourth-order valence-electron chi connectivity index (χ4n) is 0.864. The normalized spacial score (nSPS) is 32.0. The van der Waals surface area contributed by atoms with Gasteiger partial charge in [-0.25, -0.2) is 9.82 Å². The fourth-order valence-corrected chi connectivity index (χ4v) is 0.864. The maximum Gasteiger partial charge on any atom is 0.162 e. The first kappa shape index (κ1) is 6.92. The molecular weight excluding hydrogens is 123 g/mol. The fraction of sp³-hybridized carbons (Fsp3) is 1.00. The first-order valence-corrected chi connectivity index (χ1v) is 3.14. The van der Waals surface area contributed by atoms with Crippen molar-refractivity contribution >= 4 is 0 Å². The smallest absolute Gasteiger partial charge is 0.162 e. The average molecular weight is 133 g/mol. The minimum atomic E-state index is -1.13. The summed E-state index contributed by atoms with van der Waals surface area (Å²) in [6.07, 6.45) is 0.910. The first-order valence-electron chi connectivity index (χ1n) is 3.14. The van der Waals surface area contributed by atoms with Crippen LogP contribution in [0.1, 0.15) is 19.3 Å². The van der Waals surface area contributed by atoms with Crippen LogP contribution >= 0.6 is 0 Å². The topological polar surface area (TPSA) is 38.3 Å². The van der Waals surface area contributed by atoms with Crippen LogP contribution in [0.4, 0.5) is 4.39 Å². The average Bonchev–Trinajstić information content (AvgIpc) is 1.93. The summed E-state index contributed by atoms with van der Waals surface area (Å²) in [5.74, 6) is 0. The molecule has 1 rings (SSSR count). The molecule has 0 aliphatic carbocycles. The number of nitrogens with one attached hydrogen (secondary N) is 1. The summed E-state index contributed by atoms with van der Waals surface area (Å²) in [6, 6.07) is 0. The minimum Gasteiger partial charge on any atom is -0.772 e. The number of hydrazine groups is 1. The van der Waals surface area contributed by atoms with E-state index < -0.39 is 6.30 Å². The van der Waals surface area contributed by atoms with Crippen LogP contribution in [-0.2, 0) is 0 Å². The molecule has 0 aromatic heterocycles. The van der Waals surface area contributed by atoms with E-state index in [1.165, 1.54) is 0 Å². The van der Waals surface area contributed by atoms with Gasteiger partial charge in [0.05, 0.1) is 0 Å². The van der Waals surface area contributed by atoms with Crippen molar-refractivity contribution in [1.82, 2.24) is 10.6 Å². The Kier molecular flexibility index (Phi) is 2.38. The second kappa shape index (κ2) is 3.10. The van der Waals surface area contributed by atoms with Gasteiger partial charge in [-0.05, 0) is 25.8 Å². The van der Waals surface area contributed by atoms with Crippen molar-refractivity contribution in [3.63, 3.8) is 0 Å². The van der Waals surface area contributed by atoms with E-state index in [2.05, 4.69) is 5.43 Å². The number of halogens is 1. The highest BCUT2D eigenvalue weighted by Gasteiger charge is 2.09. The van der Waals surface area contributed by atoms with Crippen molar-refractivity contribution < 1.29 is 4.39 Å². The van der Waals surface area contributed by atoms with Gasteiger partial charge in [-0.3, -0.25) is 0 Å². The van der Waals surface area contributed by atoms with Crippen LogP contribution in [0, 0.1) is 5.21 Å². The molecule has 1 heterocycles. The van der Waals surface area contributed by atoms with E-state index in [1.54, 1.807) is 0 Å². The van der Waals surface area contributed by atoms with Crippen molar-refractivity contribution in [3.05, 3.63) is 5.21 Å². The van der Waals surface area contributed by atoms with E-state index >= 15 is 0 Å². The Morgan fingerprint density at radius 3 is 3.11 bits per heavy atom. The Morgan fingerprint density at radius 2 is 2.33 bits per heavy atom. The molecule has 1 atom stereocenters. The van der Waals surface area contributed by atoms with Gasteiger partial charge in [-0.1, -0.05) is 0 Å². The Bertz CT molecular complexity index is 81.0. The summed E-state index contributed by atoms with van der Waals surface area (Å²) >= 11 is 0. The second-order valence-corrected chi connectivity index (χ2v) is 2.19.